The Kier molecular flexibility index (Phi) is 3.81. The van der Waals surface area contributed by atoms with E-state index in [0.717, 1.165) is 29.2 Å². The highest BCUT2D eigenvalue weighted by atomic mass is 32.2. The van der Waals surface area contributed by atoms with Crippen molar-refractivity contribution in [2.24, 2.45) is 0 Å². The largest absolute Gasteiger partial charge is 0.329 e. The van der Waals surface area contributed by atoms with Crippen LogP contribution in [0.25, 0.3) is 0 Å². The van der Waals surface area contributed by atoms with Crippen LogP contribution in [0.4, 0.5) is 5.13 Å². The molecule has 0 spiro atoms. The van der Waals surface area contributed by atoms with Crippen LogP contribution in [-0.2, 0) is 16.3 Å². The molecule has 20 heavy (non-hydrogen) atoms. The topological polar surface area (TPSA) is 67.3 Å². The van der Waals surface area contributed by atoms with Crippen molar-refractivity contribution >= 4 is 43.9 Å². The van der Waals surface area contributed by atoms with Gasteiger partial charge in [-0.05, 0) is 12.8 Å². The van der Waals surface area contributed by atoms with Gasteiger partial charge < -0.3 is 4.90 Å². The second-order valence-electron chi connectivity index (χ2n) is 5.10. The van der Waals surface area contributed by atoms with Crippen LogP contribution in [0.15, 0.2) is 0 Å². The van der Waals surface area contributed by atoms with Crippen LogP contribution in [0.1, 0.15) is 28.2 Å². The minimum absolute atomic E-state index is 0.150. The van der Waals surface area contributed by atoms with Crippen LogP contribution in [0, 0.1) is 0 Å². The monoisotopic (exact) mass is 332 g/mol. The minimum Gasteiger partial charge on any atom is -0.329 e. The second kappa shape index (κ2) is 5.31. The number of hydrogen-bond donors (Lipinski definition) is 0. The zero-order valence-electron chi connectivity index (χ0n) is 11.2. The minimum atomic E-state index is -3.15. The van der Waals surface area contributed by atoms with Crippen molar-refractivity contribution in [3.05, 3.63) is 10.6 Å². The SMILES string of the molecule is CS(=O)(=O)C1CSCCN1c1nc2c(s1)C(=O)CCC2. The number of thiazole rings is 1. The van der Waals surface area contributed by atoms with E-state index in [0.29, 0.717) is 23.8 Å². The van der Waals surface area contributed by atoms with Crippen molar-refractivity contribution in [2.45, 2.75) is 24.6 Å². The fraction of sp³-hybridized carbons (Fsp3) is 0.667. The third kappa shape index (κ3) is 2.60. The number of aryl methyl sites for hydroxylation is 1. The number of nitrogens with zero attached hydrogens (tertiary/aromatic N) is 2. The van der Waals surface area contributed by atoms with E-state index in [9.17, 15) is 13.2 Å². The maximum Gasteiger partial charge on any atom is 0.187 e. The molecular weight excluding hydrogens is 316 g/mol. The smallest absolute Gasteiger partial charge is 0.187 e. The third-order valence-corrected chi connectivity index (χ3v) is 7.40. The maximum absolute atomic E-state index is 11.9. The van der Waals surface area contributed by atoms with Crippen molar-refractivity contribution in [3.8, 4) is 0 Å². The van der Waals surface area contributed by atoms with Gasteiger partial charge in [-0.3, -0.25) is 4.79 Å². The first-order valence-electron chi connectivity index (χ1n) is 6.53. The van der Waals surface area contributed by atoms with Crippen LogP contribution in [0.2, 0.25) is 0 Å². The Morgan fingerprint density at radius 3 is 2.85 bits per heavy atom. The molecule has 1 unspecified atom stereocenters. The Labute approximate surface area is 126 Å². The number of hydrogen-bond acceptors (Lipinski definition) is 7. The molecule has 0 amide bonds. The number of aromatic nitrogens is 1. The Morgan fingerprint density at radius 1 is 1.35 bits per heavy atom. The number of carbonyl (C=O) groups excluding carboxylic acids is 1. The number of Topliss-reactive ketones (excluding diaryl/α,β-unsaturated/α-hetero) is 1. The number of fused-ring (bicyclic) bond motifs is 1. The highest BCUT2D eigenvalue weighted by molar-refractivity contribution is 8.01. The number of sulfone groups is 1. The second-order valence-corrected chi connectivity index (χ2v) is 9.43. The predicted molar refractivity (Wildman–Crippen MR) is 82.7 cm³/mol. The Morgan fingerprint density at radius 2 is 2.15 bits per heavy atom. The Hall–Kier alpha value is -0.600. The number of anilines is 1. The van der Waals surface area contributed by atoms with E-state index in [4.69, 9.17) is 0 Å². The Bertz CT molecular complexity index is 638. The van der Waals surface area contributed by atoms with Gasteiger partial charge in [-0.1, -0.05) is 11.3 Å². The number of thioether (sulfide) groups is 1. The normalized spacial score (nSPS) is 23.8. The molecule has 0 bridgehead atoms. The predicted octanol–water partition coefficient (Wildman–Crippen LogP) is 1.59. The summed E-state index contributed by atoms with van der Waals surface area (Å²) in [5, 5.41) is 0.171. The highest BCUT2D eigenvalue weighted by Crippen LogP contribution is 2.35. The lowest BCUT2D eigenvalue weighted by Crippen LogP contribution is -2.47. The van der Waals surface area contributed by atoms with Gasteiger partial charge in [0.15, 0.2) is 20.8 Å². The van der Waals surface area contributed by atoms with E-state index >= 15 is 0 Å². The molecule has 1 saturated heterocycles. The van der Waals surface area contributed by atoms with Gasteiger partial charge in [0.05, 0.1) is 10.6 Å². The summed E-state index contributed by atoms with van der Waals surface area (Å²) in [7, 11) is -3.15. The van der Waals surface area contributed by atoms with Crippen molar-refractivity contribution in [1.29, 1.82) is 0 Å². The molecule has 3 rings (SSSR count). The molecular formula is C12H16N2O3S3. The summed E-state index contributed by atoms with van der Waals surface area (Å²) in [6.07, 6.45) is 3.53. The molecule has 110 valence electrons. The van der Waals surface area contributed by atoms with Crippen LogP contribution >= 0.6 is 23.1 Å². The molecule has 0 radical (unpaired) electrons. The van der Waals surface area contributed by atoms with Crippen LogP contribution < -0.4 is 4.90 Å². The summed E-state index contributed by atoms with van der Waals surface area (Å²) in [6.45, 7) is 0.670. The molecule has 5 nitrogen and oxygen atoms in total. The maximum atomic E-state index is 11.9. The molecule has 0 aromatic carbocycles. The van der Waals surface area contributed by atoms with E-state index in [-0.39, 0.29) is 5.78 Å². The Balaban J connectivity index is 1.97. The summed E-state index contributed by atoms with van der Waals surface area (Å²) < 4.78 is 23.9. The fourth-order valence-electron chi connectivity index (χ4n) is 2.53. The van der Waals surface area contributed by atoms with Gasteiger partial charge in [0.1, 0.15) is 5.37 Å². The molecule has 1 aromatic rings. The lowest BCUT2D eigenvalue weighted by atomic mass is 10.0. The molecule has 1 fully saturated rings. The van der Waals surface area contributed by atoms with E-state index in [1.165, 1.54) is 17.6 Å². The molecule has 8 heteroatoms. The molecule has 1 aliphatic carbocycles. The molecule has 2 heterocycles. The standard InChI is InChI=1S/C12H16N2O3S3/c1-20(16,17)10-7-18-6-5-14(10)12-13-8-3-2-4-9(15)11(8)19-12/h10H,2-7H2,1H3. The summed E-state index contributed by atoms with van der Waals surface area (Å²) in [6, 6.07) is 0. The van der Waals surface area contributed by atoms with Gasteiger partial charge in [0, 0.05) is 30.7 Å². The number of carbonyl (C=O) groups is 1. The van der Waals surface area contributed by atoms with Crippen LogP contribution in [0.5, 0.6) is 0 Å². The van der Waals surface area contributed by atoms with Crippen molar-refractivity contribution in [1.82, 2.24) is 4.98 Å². The van der Waals surface area contributed by atoms with Gasteiger partial charge in [-0.25, -0.2) is 13.4 Å². The first kappa shape index (κ1) is 14.3. The van der Waals surface area contributed by atoms with Gasteiger partial charge >= 0.3 is 0 Å². The molecule has 0 saturated carbocycles. The van der Waals surface area contributed by atoms with Gasteiger partial charge in [-0.2, -0.15) is 11.8 Å². The fourth-order valence-corrected chi connectivity index (χ4v) is 6.58. The van der Waals surface area contributed by atoms with E-state index in [2.05, 4.69) is 4.98 Å². The van der Waals surface area contributed by atoms with Crippen LogP contribution in [-0.4, -0.2) is 48.9 Å². The van der Waals surface area contributed by atoms with Crippen molar-refractivity contribution in [2.75, 3.05) is 29.2 Å². The van der Waals surface area contributed by atoms with E-state index in [1.54, 1.807) is 11.8 Å². The molecule has 1 aliphatic heterocycles. The summed E-state index contributed by atoms with van der Waals surface area (Å²) in [4.78, 5) is 19.0. The third-order valence-electron chi connectivity index (χ3n) is 3.58. The summed E-state index contributed by atoms with van der Waals surface area (Å²) in [5.74, 6) is 1.61. The molecule has 1 atom stereocenters. The summed E-state index contributed by atoms with van der Waals surface area (Å²) >= 11 is 3.01. The van der Waals surface area contributed by atoms with Crippen molar-refractivity contribution < 1.29 is 13.2 Å². The molecule has 1 aromatic heterocycles. The number of rotatable bonds is 2. The number of ketones is 1. The molecule has 2 aliphatic rings. The quantitative estimate of drug-likeness (QED) is 0.819. The summed E-state index contributed by atoms with van der Waals surface area (Å²) in [5.41, 5.74) is 0.853. The zero-order valence-corrected chi connectivity index (χ0v) is 13.6. The average Bonchev–Trinajstić information content (AvgIpc) is 2.83. The van der Waals surface area contributed by atoms with E-state index in [1.807, 2.05) is 4.90 Å². The average molecular weight is 332 g/mol. The van der Waals surface area contributed by atoms with Gasteiger partial charge in [-0.15, -0.1) is 0 Å². The van der Waals surface area contributed by atoms with Gasteiger partial charge in [0.25, 0.3) is 0 Å². The highest BCUT2D eigenvalue weighted by Gasteiger charge is 2.34. The zero-order chi connectivity index (χ0) is 14.3. The van der Waals surface area contributed by atoms with Gasteiger partial charge in [0.2, 0.25) is 0 Å². The van der Waals surface area contributed by atoms with Crippen LogP contribution in [0.3, 0.4) is 0 Å². The first-order chi connectivity index (χ1) is 9.47. The lowest BCUT2D eigenvalue weighted by Gasteiger charge is -2.33. The lowest BCUT2D eigenvalue weighted by molar-refractivity contribution is 0.0976. The van der Waals surface area contributed by atoms with Crippen molar-refractivity contribution in [3.63, 3.8) is 0 Å². The van der Waals surface area contributed by atoms with E-state index < -0.39 is 15.2 Å². The molecule has 0 N–H and O–H groups in total. The first-order valence-corrected chi connectivity index (χ1v) is 10.5.